The number of pyridine rings is 1. The highest BCUT2D eigenvalue weighted by Crippen LogP contribution is 2.21. The Bertz CT molecular complexity index is 870. The average Bonchev–Trinajstić information content (AvgIpc) is 2.70. The Morgan fingerprint density at radius 2 is 2.04 bits per heavy atom. The molecule has 2 aromatic rings. The van der Waals surface area contributed by atoms with Crippen molar-refractivity contribution >= 4 is 27.9 Å². The molecule has 0 fully saturated rings. The first-order valence-electron chi connectivity index (χ1n) is 9.71. The van der Waals surface area contributed by atoms with Crippen molar-refractivity contribution in [1.82, 2.24) is 10.3 Å². The third kappa shape index (κ3) is 6.61. The van der Waals surface area contributed by atoms with Crippen LogP contribution in [0.3, 0.4) is 0 Å². The molecule has 0 aliphatic carbocycles. The Morgan fingerprint density at radius 3 is 2.71 bits per heavy atom. The molecule has 1 unspecified atom stereocenters. The van der Waals surface area contributed by atoms with Crippen molar-refractivity contribution in [3.63, 3.8) is 0 Å². The molecule has 4 nitrogen and oxygen atoms in total. The van der Waals surface area contributed by atoms with E-state index >= 15 is 0 Å². The van der Waals surface area contributed by atoms with Gasteiger partial charge in [0.1, 0.15) is 16.2 Å². The van der Waals surface area contributed by atoms with Gasteiger partial charge in [0.05, 0.1) is 11.7 Å². The van der Waals surface area contributed by atoms with Crippen molar-refractivity contribution in [2.24, 2.45) is 0 Å². The molecule has 0 aliphatic rings. The molecular weight excluding hydrogens is 414 g/mol. The Morgan fingerprint density at radius 1 is 1.25 bits per heavy atom. The monoisotopic (exact) mass is 439 g/mol. The number of unbranched alkanes of at least 4 members (excludes halogenated alkanes) is 1. The van der Waals surface area contributed by atoms with Gasteiger partial charge in [-0.1, -0.05) is 57.0 Å². The molecule has 1 atom stereocenters. The summed E-state index contributed by atoms with van der Waals surface area (Å²) in [7, 11) is 0. The van der Waals surface area contributed by atoms with Gasteiger partial charge < -0.3 is 5.32 Å². The number of halogens is 1. The van der Waals surface area contributed by atoms with E-state index in [9.17, 15) is 10.1 Å². The number of nitriles is 1. The quantitative estimate of drug-likeness (QED) is 0.307. The minimum Gasteiger partial charge on any atom is -0.345 e. The predicted molar refractivity (Wildman–Crippen MR) is 116 cm³/mol. The van der Waals surface area contributed by atoms with Gasteiger partial charge >= 0.3 is 0 Å². The first kappa shape index (κ1) is 21.8. The summed E-state index contributed by atoms with van der Waals surface area (Å²) in [6.45, 7) is 4.27. The number of rotatable bonds is 9. The topological polar surface area (TPSA) is 65.8 Å². The molecule has 0 radical (unpaired) electrons. The Balaban J connectivity index is 2.20. The minimum atomic E-state index is -0.373. The first-order valence-corrected chi connectivity index (χ1v) is 10.5. The van der Waals surface area contributed by atoms with E-state index in [-0.39, 0.29) is 17.5 Å². The number of carbonyl (C=O) groups is 1. The highest BCUT2D eigenvalue weighted by Gasteiger charge is 2.17. The number of amides is 1. The predicted octanol–water partition coefficient (Wildman–Crippen LogP) is 5.75. The van der Waals surface area contributed by atoms with Crippen LogP contribution in [0, 0.1) is 11.3 Å². The van der Waals surface area contributed by atoms with E-state index in [1.54, 1.807) is 12.1 Å². The molecule has 1 amide bonds. The SMILES string of the molecule is CCCCc1cccc(C(CCC)NC(=O)/C(C#N)=C/c2cccc(Br)n2)c1. The number of nitrogens with one attached hydrogen (secondary N) is 1. The second-order valence-corrected chi connectivity index (χ2v) is 7.53. The molecule has 1 aromatic carbocycles. The van der Waals surface area contributed by atoms with Gasteiger partial charge in [-0.05, 0) is 64.5 Å². The molecule has 5 heteroatoms. The molecule has 1 heterocycles. The molecule has 0 spiro atoms. The lowest BCUT2D eigenvalue weighted by atomic mass is 9.98. The van der Waals surface area contributed by atoms with Crippen LogP contribution in [0.4, 0.5) is 0 Å². The van der Waals surface area contributed by atoms with Crippen molar-refractivity contribution in [3.8, 4) is 6.07 Å². The zero-order valence-electron chi connectivity index (χ0n) is 16.4. The van der Waals surface area contributed by atoms with Crippen molar-refractivity contribution in [2.75, 3.05) is 0 Å². The lowest BCUT2D eigenvalue weighted by Gasteiger charge is -2.19. The number of hydrogen-bond acceptors (Lipinski definition) is 3. The maximum atomic E-state index is 12.7. The van der Waals surface area contributed by atoms with E-state index in [2.05, 4.69) is 52.2 Å². The zero-order valence-corrected chi connectivity index (χ0v) is 18.0. The van der Waals surface area contributed by atoms with Gasteiger partial charge in [0.15, 0.2) is 0 Å². The molecule has 146 valence electrons. The van der Waals surface area contributed by atoms with Crippen LogP contribution < -0.4 is 5.32 Å². The first-order chi connectivity index (χ1) is 13.6. The summed E-state index contributed by atoms with van der Waals surface area (Å²) >= 11 is 3.30. The molecule has 0 saturated carbocycles. The van der Waals surface area contributed by atoms with Crippen LogP contribution in [0.2, 0.25) is 0 Å². The van der Waals surface area contributed by atoms with Gasteiger partial charge in [-0.2, -0.15) is 5.26 Å². The molecule has 28 heavy (non-hydrogen) atoms. The summed E-state index contributed by atoms with van der Waals surface area (Å²) in [5.41, 5.74) is 2.98. The molecule has 0 bridgehead atoms. The van der Waals surface area contributed by atoms with Crippen molar-refractivity contribution in [1.29, 1.82) is 5.26 Å². The number of aromatic nitrogens is 1. The number of hydrogen-bond donors (Lipinski definition) is 1. The van der Waals surface area contributed by atoms with E-state index in [0.29, 0.717) is 10.3 Å². The van der Waals surface area contributed by atoms with Crippen LogP contribution in [0.15, 0.2) is 52.6 Å². The second-order valence-electron chi connectivity index (χ2n) is 6.72. The Labute approximate surface area is 175 Å². The summed E-state index contributed by atoms with van der Waals surface area (Å²) < 4.78 is 0.659. The number of aryl methyl sites for hydroxylation is 1. The number of benzene rings is 1. The summed E-state index contributed by atoms with van der Waals surface area (Å²) in [5, 5.41) is 12.5. The fourth-order valence-corrected chi connectivity index (χ4v) is 3.35. The summed E-state index contributed by atoms with van der Waals surface area (Å²) in [6.07, 6.45) is 6.60. The third-order valence-electron chi connectivity index (χ3n) is 4.45. The lowest BCUT2D eigenvalue weighted by Crippen LogP contribution is -2.29. The zero-order chi connectivity index (χ0) is 20.4. The van der Waals surface area contributed by atoms with Gasteiger partial charge in [-0.15, -0.1) is 0 Å². The van der Waals surface area contributed by atoms with Crippen molar-refractivity contribution < 1.29 is 4.79 Å². The van der Waals surface area contributed by atoms with Gasteiger partial charge in [-0.3, -0.25) is 4.79 Å². The van der Waals surface area contributed by atoms with Crippen LogP contribution in [0.25, 0.3) is 6.08 Å². The summed E-state index contributed by atoms with van der Waals surface area (Å²) in [5.74, 6) is -0.373. The fourth-order valence-electron chi connectivity index (χ4n) is 2.99. The number of nitrogens with zero attached hydrogens (tertiary/aromatic N) is 2. The Hall–Kier alpha value is -2.45. The molecular formula is C23H26BrN3O. The normalized spacial score (nSPS) is 12.3. The smallest absolute Gasteiger partial charge is 0.262 e. The summed E-state index contributed by atoms with van der Waals surface area (Å²) in [6, 6.07) is 15.6. The average molecular weight is 440 g/mol. The standard InChI is InChI=1S/C23H26BrN3O/c1-3-5-9-17-10-6-11-18(14-17)21(8-4-2)27-23(28)19(16-25)15-20-12-7-13-22(24)26-20/h6-7,10-15,21H,3-5,8-9H2,1-2H3,(H,27,28)/b19-15+. The van der Waals surface area contributed by atoms with Gasteiger partial charge in [0.25, 0.3) is 5.91 Å². The minimum absolute atomic E-state index is 0.0499. The van der Waals surface area contributed by atoms with Crippen LogP contribution in [0.1, 0.15) is 62.4 Å². The van der Waals surface area contributed by atoms with E-state index in [4.69, 9.17) is 0 Å². The molecule has 2 rings (SSSR count). The summed E-state index contributed by atoms with van der Waals surface area (Å²) in [4.78, 5) is 17.0. The maximum absolute atomic E-state index is 12.7. The van der Waals surface area contributed by atoms with Crippen LogP contribution >= 0.6 is 15.9 Å². The van der Waals surface area contributed by atoms with E-state index in [1.807, 2.05) is 24.3 Å². The van der Waals surface area contributed by atoms with Crippen molar-refractivity contribution in [3.05, 3.63) is 69.5 Å². The molecule has 0 saturated heterocycles. The van der Waals surface area contributed by atoms with Crippen molar-refractivity contribution in [2.45, 2.75) is 52.0 Å². The van der Waals surface area contributed by atoms with Gasteiger partial charge in [0, 0.05) is 0 Å². The van der Waals surface area contributed by atoms with Crippen LogP contribution in [-0.2, 0) is 11.2 Å². The second kappa shape index (κ2) is 11.4. The molecule has 1 aromatic heterocycles. The Kier molecular flexibility index (Phi) is 8.90. The van der Waals surface area contributed by atoms with E-state index in [0.717, 1.165) is 37.7 Å². The lowest BCUT2D eigenvalue weighted by molar-refractivity contribution is -0.117. The van der Waals surface area contributed by atoms with E-state index < -0.39 is 0 Å². The maximum Gasteiger partial charge on any atom is 0.262 e. The highest BCUT2D eigenvalue weighted by atomic mass is 79.9. The highest BCUT2D eigenvalue weighted by molar-refractivity contribution is 9.10. The molecule has 0 aliphatic heterocycles. The third-order valence-corrected chi connectivity index (χ3v) is 4.89. The largest absolute Gasteiger partial charge is 0.345 e. The van der Waals surface area contributed by atoms with Gasteiger partial charge in [-0.25, -0.2) is 4.98 Å². The fraction of sp³-hybridized carbons (Fsp3) is 0.348. The van der Waals surface area contributed by atoms with Crippen LogP contribution in [0.5, 0.6) is 0 Å². The molecule has 1 N–H and O–H groups in total. The van der Waals surface area contributed by atoms with E-state index in [1.165, 1.54) is 11.6 Å². The van der Waals surface area contributed by atoms with Gasteiger partial charge in [0.2, 0.25) is 0 Å². The van der Waals surface area contributed by atoms with Crippen LogP contribution in [-0.4, -0.2) is 10.9 Å². The number of carbonyl (C=O) groups excluding carboxylic acids is 1.